The molecule has 0 saturated carbocycles. The molecule has 1 aliphatic rings. The van der Waals surface area contributed by atoms with Crippen LogP contribution in [-0.2, 0) is 0 Å². The Morgan fingerprint density at radius 1 is 0.968 bits per heavy atom. The van der Waals surface area contributed by atoms with E-state index in [4.69, 9.17) is 4.74 Å². The predicted octanol–water partition coefficient (Wildman–Crippen LogP) is 5.41. The van der Waals surface area contributed by atoms with E-state index < -0.39 is 0 Å². The first-order valence-electron chi connectivity index (χ1n) is 10.1. The van der Waals surface area contributed by atoms with Crippen LogP contribution in [0.5, 0.6) is 5.75 Å². The molecule has 5 rings (SSSR count). The number of H-pyrrole nitrogens is 1. The van der Waals surface area contributed by atoms with Crippen molar-refractivity contribution in [2.75, 3.05) is 7.11 Å². The number of ether oxygens (including phenoxy) is 1. The Bertz CT molecular complexity index is 1370. The summed E-state index contributed by atoms with van der Waals surface area (Å²) < 4.78 is 6.87. The number of para-hydroxylation sites is 1. The third kappa shape index (κ3) is 3.40. The maximum atomic E-state index is 13.5. The number of rotatable bonds is 4. The molecule has 1 aromatic heterocycles. The number of aryl methyl sites for hydroxylation is 1. The fraction of sp³-hybridized carbons (Fsp3) is 0.0769. The molecule has 0 aliphatic carbocycles. The Hall–Kier alpha value is -4.12. The lowest BCUT2D eigenvalue weighted by atomic mass is 10.0. The summed E-state index contributed by atoms with van der Waals surface area (Å²) in [5.74, 6) is 0.765. The average Bonchev–Trinajstić information content (AvgIpc) is 3.36. The van der Waals surface area contributed by atoms with Crippen LogP contribution in [0.1, 0.15) is 16.7 Å². The summed E-state index contributed by atoms with van der Waals surface area (Å²) in [6.07, 6.45) is 3.73. The number of benzene rings is 3. The third-order valence-corrected chi connectivity index (χ3v) is 5.45. The Morgan fingerprint density at radius 3 is 2.45 bits per heavy atom. The molecule has 0 saturated heterocycles. The van der Waals surface area contributed by atoms with Crippen molar-refractivity contribution in [3.8, 4) is 22.7 Å². The van der Waals surface area contributed by atoms with Gasteiger partial charge in [-0.15, -0.1) is 0 Å². The number of aromatic amines is 1. The molecular weight excluding hydrogens is 386 g/mol. The lowest BCUT2D eigenvalue weighted by molar-refractivity contribution is 0.415. The number of hydrogen-bond donors (Lipinski definition) is 1. The number of fused-ring (bicyclic) bond motifs is 1. The molecule has 1 N–H and O–H groups in total. The smallest absolute Gasteiger partial charge is 0.279 e. The van der Waals surface area contributed by atoms with Gasteiger partial charge in [0.05, 0.1) is 29.7 Å². The second-order valence-electron chi connectivity index (χ2n) is 7.48. The fourth-order valence-corrected chi connectivity index (χ4v) is 3.75. The molecule has 0 atom stereocenters. The highest BCUT2D eigenvalue weighted by atomic mass is 16.5. The van der Waals surface area contributed by atoms with Gasteiger partial charge in [0, 0.05) is 22.9 Å². The molecule has 1 aliphatic heterocycles. The highest BCUT2D eigenvalue weighted by Crippen LogP contribution is 2.33. The standard InChI is InChI=1S/C26H21N3O2/c1-17-7-11-20(12-8-17)29-26(30)23(15-19-16-27-24-6-4-3-5-22(19)24)25(28-29)18-9-13-21(31-2)14-10-18/h3-16,28H,1-2H3. The van der Waals surface area contributed by atoms with Crippen molar-refractivity contribution in [1.82, 2.24) is 9.78 Å². The SMILES string of the molecule is COc1ccc(-c2[nH]n(-c3ccc(C)cc3)c(=O)c2C=C2C=Nc3ccccc32)cc1. The van der Waals surface area contributed by atoms with Crippen LogP contribution < -0.4 is 10.3 Å². The largest absolute Gasteiger partial charge is 0.497 e. The molecular formula is C26H21N3O2. The van der Waals surface area contributed by atoms with Gasteiger partial charge in [0.15, 0.2) is 0 Å². The van der Waals surface area contributed by atoms with E-state index >= 15 is 0 Å². The Kier molecular flexibility index (Phi) is 4.64. The Labute approximate surface area is 180 Å². The fourth-order valence-electron chi connectivity index (χ4n) is 3.75. The van der Waals surface area contributed by atoms with Crippen LogP contribution in [0.4, 0.5) is 5.69 Å². The minimum atomic E-state index is -0.111. The van der Waals surface area contributed by atoms with E-state index in [0.717, 1.165) is 45.1 Å². The van der Waals surface area contributed by atoms with Crippen LogP contribution in [0.2, 0.25) is 0 Å². The van der Waals surface area contributed by atoms with Crippen LogP contribution in [0, 0.1) is 6.92 Å². The molecule has 2 heterocycles. The second-order valence-corrected chi connectivity index (χ2v) is 7.48. The van der Waals surface area contributed by atoms with Crippen molar-refractivity contribution in [2.24, 2.45) is 4.99 Å². The first kappa shape index (κ1) is 18.9. The molecule has 0 unspecified atom stereocenters. The minimum absolute atomic E-state index is 0.111. The van der Waals surface area contributed by atoms with Crippen LogP contribution in [0.3, 0.4) is 0 Å². The minimum Gasteiger partial charge on any atom is -0.497 e. The van der Waals surface area contributed by atoms with Gasteiger partial charge in [-0.3, -0.25) is 14.9 Å². The van der Waals surface area contributed by atoms with Crippen LogP contribution in [0.15, 0.2) is 82.6 Å². The van der Waals surface area contributed by atoms with E-state index in [1.165, 1.54) is 0 Å². The number of methoxy groups -OCH3 is 1. The molecule has 3 aromatic carbocycles. The summed E-state index contributed by atoms with van der Waals surface area (Å²) in [6.45, 7) is 2.02. The molecule has 0 bridgehead atoms. The first-order valence-corrected chi connectivity index (χ1v) is 10.1. The summed E-state index contributed by atoms with van der Waals surface area (Å²) >= 11 is 0. The maximum absolute atomic E-state index is 13.5. The van der Waals surface area contributed by atoms with Crippen LogP contribution in [-0.4, -0.2) is 23.1 Å². The topological polar surface area (TPSA) is 59.4 Å². The number of allylic oxidation sites excluding steroid dienone is 1. The van der Waals surface area contributed by atoms with Gasteiger partial charge in [0.25, 0.3) is 5.56 Å². The summed E-state index contributed by atoms with van der Waals surface area (Å²) in [5, 5.41) is 3.31. The normalized spacial score (nSPS) is 13.5. The van der Waals surface area contributed by atoms with E-state index in [1.807, 2.05) is 92.0 Å². The molecule has 5 nitrogen and oxygen atoms in total. The van der Waals surface area contributed by atoms with Crippen molar-refractivity contribution in [1.29, 1.82) is 0 Å². The van der Waals surface area contributed by atoms with Crippen LogP contribution >= 0.6 is 0 Å². The lowest BCUT2D eigenvalue weighted by Gasteiger charge is -2.04. The van der Waals surface area contributed by atoms with Gasteiger partial charge in [-0.05, 0) is 55.5 Å². The highest BCUT2D eigenvalue weighted by molar-refractivity contribution is 6.21. The van der Waals surface area contributed by atoms with Crippen molar-refractivity contribution in [3.05, 3.63) is 99.8 Å². The Morgan fingerprint density at radius 2 is 1.71 bits per heavy atom. The van der Waals surface area contributed by atoms with Gasteiger partial charge in [-0.2, -0.15) is 0 Å². The number of nitrogens with zero attached hydrogens (tertiary/aromatic N) is 2. The summed E-state index contributed by atoms with van der Waals surface area (Å²) in [5.41, 5.74) is 6.90. The Balaban J connectivity index is 1.70. The van der Waals surface area contributed by atoms with Gasteiger partial charge in [0.2, 0.25) is 0 Å². The lowest BCUT2D eigenvalue weighted by Crippen LogP contribution is -2.15. The summed E-state index contributed by atoms with van der Waals surface area (Å²) in [6, 6.07) is 23.5. The van der Waals surface area contributed by atoms with Gasteiger partial charge >= 0.3 is 0 Å². The van der Waals surface area contributed by atoms with Crippen LogP contribution in [0.25, 0.3) is 28.6 Å². The molecule has 0 radical (unpaired) electrons. The quantitative estimate of drug-likeness (QED) is 0.492. The summed E-state index contributed by atoms with van der Waals surface area (Å²) in [7, 11) is 1.64. The molecule has 152 valence electrons. The zero-order valence-electron chi connectivity index (χ0n) is 17.3. The van der Waals surface area contributed by atoms with Crippen molar-refractivity contribution in [2.45, 2.75) is 6.92 Å². The van der Waals surface area contributed by atoms with E-state index in [2.05, 4.69) is 10.1 Å². The number of aromatic nitrogens is 2. The highest BCUT2D eigenvalue weighted by Gasteiger charge is 2.18. The average molecular weight is 407 g/mol. The van der Waals surface area contributed by atoms with Gasteiger partial charge in [-0.25, -0.2) is 4.68 Å². The zero-order valence-corrected chi connectivity index (χ0v) is 17.3. The number of hydrogen-bond acceptors (Lipinski definition) is 3. The van der Waals surface area contributed by atoms with E-state index in [0.29, 0.717) is 5.56 Å². The first-order chi connectivity index (χ1) is 15.1. The van der Waals surface area contributed by atoms with Crippen molar-refractivity contribution in [3.63, 3.8) is 0 Å². The number of aliphatic imine (C=N–C) groups is 1. The van der Waals surface area contributed by atoms with Gasteiger partial charge in [-0.1, -0.05) is 35.9 Å². The summed E-state index contributed by atoms with van der Waals surface area (Å²) in [4.78, 5) is 18.0. The van der Waals surface area contributed by atoms with E-state index in [9.17, 15) is 4.79 Å². The molecule has 0 fully saturated rings. The zero-order chi connectivity index (χ0) is 21.4. The molecule has 31 heavy (non-hydrogen) atoms. The second kappa shape index (κ2) is 7.61. The van der Waals surface area contributed by atoms with Gasteiger partial charge < -0.3 is 4.74 Å². The molecule has 0 spiro atoms. The van der Waals surface area contributed by atoms with E-state index in [1.54, 1.807) is 11.8 Å². The van der Waals surface area contributed by atoms with Crippen molar-refractivity contribution >= 4 is 23.6 Å². The third-order valence-electron chi connectivity index (χ3n) is 5.45. The van der Waals surface area contributed by atoms with Crippen molar-refractivity contribution < 1.29 is 4.74 Å². The molecule has 4 aromatic rings. The monoisotopic (exact) mass is 407 g/mol. The maximum Gasteiger partial charge on any atom is 0.279 e. The van der Waals surface area contributed by atoms with Gasteiger partial charge in [0.1, 0.15) is 5.75 Å². The van der Waals surface area contributed by atoms with E-state index in [-0.39, 0.29) is 5.56 Å². The number of nitrogens with one attached hydrogen (secondary N) is 1. The molecule has 5 heteroatoms. The molecule has 0 amide bonds. The predicted molar refractivity (Wildman–Crippen MR) is 126 cm³/mol.